The van der Waals surface area contributed by atoms with Gasteiger partial charge in [0.2, 0.25) is 5.76 Å². The summed E-state index contributed by atoms with van der Waals surface area (Å²) in [4.78, 5) is 11.4. The third-order valence-electron chi connectivity index (χ3n) is 2.83. The second-order valence-electron chi connectivity index (χ2n) is 4.04. The molecule has 0 fully saturated rings. The van der Waals surface area contributed by atoms with E-state index in [2.05, 4.69) is 23.9 Å². The molecule has 0 saturated carbocycles. The first-order valence-electron chi connectivity index (χ1n) is 6.10. The van der Waals surface area contributed by atoms with Crippen molar-refractivity contribution in [3.05, 3.63) is 23.7 Å². The number of carbonyl (C=O) groups is 1. The lowest BCUT2D eigenvalue weighted by atomic mass is 10.1. The molecule has 4 heteroatoms. The van der Waals surface area contributed by atoms with E-state index in [-0.39, 0.29) is 0 Å². The zero-order chi connectivity index (χ0) is 12.7. The zero-order valence-electron chi connectivity index (χ0n) is 10.8. The molecule has 0 bridgehead atoms. The molecule has 1 aromatic heterocycles. The molecule has 1 heterocycles. The maximum atomic E-state index is 11.4. The molecule has 1 aromatic rings. The summed E-state index contributed by atoms with van der Waals surface area (Å²) in [5.74, 6) is -0.123. The van der Waals surface area contributed by atoms with Gasteiger partial charge >= 0.3 is 5.97 Å². The van der Waals surface area contributed by atoms with E-state index in [1.54, 1.807) is 6.07 Å². The van der Waals surface area contributed by atoms with Gasteiger partial charge in [0.1, 0.15) is 0 Å². The maximum Gasteiger partial charge on any atom is 0.374 e. The lowest BCUT2D eigenvalue weighted by Crippen LogP contribution is -2.28. The van der Waals surface area contributed by atoms with Crippen LogP contribution >= 0.6 is 0 Å². The average Bonchev–Trinajstić information content (AvgIpc) is 2.81. The molecule has 0 amide bonds. The quantitative estimate of drug-likeness (QED) is 0.743. The summed E-state index contributed by atoms with van der Waals surface area (Å²) in [5, 5.41) is 3.42. The third kappa shape index (κ3) is 3.89. The molecule has 1 N–H and O–H groups in total. The number of ether oxygens (including phenoxy) is 1. The standard InChI is InChI=1S/C13H21NO3/c1-4-6-11(5-2)14-9-10-7-8-17-12(10)13(15)16-3/h7-8,11,14H,4-6,9H2,1-3H3. The van der Waals surface area contributed by atoms with Crippen molar-refractivity contribution in [3.8, 4) is 0 Å². The van der Waals surface area contributed by atoms with E-state index in [0.29, 0.717) is 18.3 Å². The predicted molar refractivity (Wildman–Crippen MR) is 65.9 cm³/mol. The molecule has 17 heavy (non-hydrogen) atoms. The molecule has 1 unspecified atom stereocenters. The Kier molecular flexibility index (Phi) is 5.77. The van der Waals surface area contributed by atoms with Gasteiger partial charge in [0.05, 0.1) is 13.4 Å². The molecule has 0 spiro atoms. The van der Waals surface area contributed by atoms with Crippen LogP contribution in [0.15, 0.2) is 16.7 Å². The summed E-state index contributed by atoms with van der Waals surface area (Å²) < 4.78 is 9.78. The lowest BCUT2D eigenvalue weighted by Gasteiger charge is -2.15. The first-order chi connectivity index (χ1) is 8.22. The van der Waals surface area contributed by atoms with Gasteiger partial charge in [-0.3, -0.25) is 0 Å². The summed E-state index contributed by atoms with van der Waals surface area (Å²) in [7, 11) is 1.36. The summed E-state index contributed by atoms with van der Waals surface area (Å²) in [6, 6.07) is 2.29. The SMILES string of the molecule is CCCC(CC)NCc1ccoc1C(=O)OC. The van der Waals surface area contributed by atoms with E-state index < -0.39 is 5.97 Å². The Hall–Kier alpha value is -1.29. The lowest BCUT2D eigenvalue weighted by molar-refractivity contribution is 0.0563. The topological polar surface area (TPSA) is 51.5 Å². The molecule has 0 radical (unpaired) electrons. The van der Waals surface area contributed by atoms with Crippen LogP contribution in [0.1, 0.15) is 49.2 Å². The van der Waals surface area contributed by atoms with Gasteiger partial charge in [0.15, 0.2) is 0 Å². The number of nitrogens with one attached hydrogen (secondary N) is 1. The van der Waals surface area contributed by atoms with E-state index in [1.165, 1.54) is 13.4 Å². The zero-order valence-corrected chi connectivity index (χ0v) is 10.8. The molecule has 0 aliphatic rings. The van der Waals surface area contributed by atoms with E-state index in [9.17, 15) is 4.79 Å². The largest absolute Gasteiger partial charge is 0.463 e. The number of hydrogen-bond acceptors (Lipinski definition) is 4. The Morgan fingerprint density at radius 2 is 2.29 bits per heavy atom. The molecule has 4 nitrogen and oxygen atoms in total. The first kappa shape index (κ1) is 13.8. The van der Waals surface area contributed by atoms with Crippen LogP contribution in [0.25, 0.3) is 0 Å². The van der Waals surface area contributed by atoms with Crippen molar-refractivity contribution in [3.63, 3.8) is 0 Å². The van der Waals surface area contributed by atoms with Crippen LogP contribution in [0, 0.1) is 0 Å². The summed E-state index contributed by atoms with van der Waals surface area (Å²) >= 11 is 0. The van der Waals surface area contributed by atoms with Gasteiger partial charge < -0.3 is 14.5 Å². The Morgan fingerprint density at radius 3 is 2.88 bits per heavy atom. The average molecular weight is 239 g/mol. The second-order valence-corrected chi connectivity index (χ2v) is 4.04. The van der Waals surface area contributed by atoms with Crippen LogP contribution in [0.3, 0.4) is 0 Å². The minimum absolute atomic E-state index is 0.298. The summed E-state index contributed by atoms with van der Waals surface area (Å²) in [6.07, 6.45) is 4.89. The predicted octanol–water partition coefficient (Wildman–Crippen LogP) is 2.73. The van der Waals surface area contributed by atoms with Gasteiger partial charge in [-0.1, -0.05) is 20.3 Å². The molecule has 0 saturated heterocycles. The van der Waals surface area contributed by atoms with E-state index in [1.807, 2.05) is 0 Å². The van der Waals surface area contributed by atoms with Crippen molar-refractivity contribution in [1.82, 2.24) is 5.32 Å². The summed E-state index contributed by atoms with van der Waals surface area (Å²) in [6.45, 7) is 4.96. The molecule has 1 rings (SSSR count). The fraction of sp³-hybridized carbons (Fsp3) is 0.615. The van der Waals surface area contributed by atoms with Crippen molar-refractivity contribution >= 4 is 5.97 Å². The molecule has 0 aliphatic heterocycles. The van der Waals surface area contributed by atoms with Gasteiger partial charge in [-0.2, -0.15) is 0 Å². The first-order valence-corrected chi connectivity index (χ1v) is 6.10. The number of hydrogen-bond donors (Lipinski definition) is 1. The highest BCUT2D eigenvalue weighted by Crippen LogP contribution is 2.12. The highest BCUT2D eigenvalue weighted by molar-refractivity contribution is 5.87. The van der Waals surface area contributed by atoms with Gasteiger partial charge in [-0.15, -0.1) is 0 Å². The molecule has 96 valence electrons. The Morgan fingerprint density at radius 1 is 1.53 bits per heavy atom. The van der Waals surface area contributed by atoms with Crippen LogP contribution in [0.2, 0.25) is 0 Å². The van der Waals surface area contributed by atoms with E-state index in [0.717, 1.165) is 24.8 Å². The fourth-order valence-corrected chi connectivity index (χ4v) is 1.80. The van der Waals surface area contributed by atoms with Gasteiger partial charge in [0, 0.05) is 18.2 Å². The number of esters is 1. The Balaban J connectivity index is 2.56. The number of furan rings is 1. The number of carbonyl (C=O) groups excluding carboxylic acids is 1. The van der Waals surface area contributed by atoms with Crippen LogP contribution in [0.4, 0.5) is 0 Å². The van der Waals surface area contributed by atoms with Gasteiger partial charge in [-0.05, 0) is 18.9 Å². The third-order valence-corrected chi connectivity index (χ3v) is 2.83. The molecule has 1 atom stereocenters. The van der Waals surface area contributed by atoms with Crippen molar-refractivity contribution in [2.45, 2.75) is 45.7 Å². The van der Waals surface area contributed by atoms with Crippen molar-refractivity contribution in [1.29, 1.82) is 0 Å². The smallest absolute Gasteiger partial charge is 0.374 e. The van der Waals surface area contributed by atoms with E-state index in [4.69, 9.17) is 4.42 Å². The van der Waals surface area contributed by atoms with Crippen molar-refractivity contribution < 1.29 is 13.9 Å². The number of rotatable bonds is 7. The Labute approximate surface area is 102 Å². The maximum absolute atomic E-state index is 11.4. The monoisotopic (exact) mass is 239 g/mol. The van der Waals surface area contributed by atoms with Crippen LogP contribution in [0.5, 0.6) is 0 Å². The summed E-state index contributed by atoms with van der Waals surface area (Å²) in [5.41, 5.74) is 0.853. The van der Waals surface area contributed by atoms with Crippen molar-refractivity contribution in [2.24, 2.45) is 0 Å². The minimum Gasteiger partial charge on any atom is -0.463 e. The molecule has 0 aliphatic carbocycles. The molecular weight excluding hydrogens is 218 g/mol. The van der Waals surface area contributed by atoms with Gasteiger partial charge in [0.25, 0.3) is 0 Å². The van der Waals surface area contributed by atoms with Crippen molar-refractivity contribution in [2.75, 3.05) is 7.11 Å². The molecule has 0 aromatic carbocycles. The second kappa shape index (κ2) is 7.12. The normalized spacial score (nSPS) is 12.4. The number of methoxy groups -OCH3 is 1. The fourth-order valence-electron chi connectivity index (χ4n) is 1.80. The highest BCUT2D eigenvalue weighted by atomic mass is 16.5. The minimum atomic E-state index is -0.421. The van der Waals surface area contributed by atoms with Crippen LogP contribution in [-0.4, -0.2) is 19.1 Å². The Bertz CT molecular complexity index is 346. The highest BCUT2D eigenvalue weighted by Gasteiger charge is 2.16. The van der Waals surface area contributed by atoms with Gasteiger partial charge in [-0.25, -0.2) is 4.79 Å². The molecular formula is C13H21NO3. The van der Waals surface area contributed by atoms with Crippen LogP contribution in [-0.2, 0) is 11.3 Å². The van der Waals surface area contributed by atoms with Crippen LogP contribution < -0.4 is 5.32 Å². The van der Waals surface area contributed by atoms with E-state index >= 15 is 0 Å².